The van der Waals surface area contributed by atoms with Crippen LogP contribution in [0.2, 0.25) is 5.02 Å². The standard InChI is InChI=1S/C18H19ClN4OS/c1-25-10-9-16(17-21-14-7-2-3-8-15(14)22-17)23-18(24)20-13-6-4-5-12(19)11-13/h2-8,11,16H,9-10H2,1H3,(H,21,22)(H2,20,23,24)/t16-/m1/s1. The number of anilines is 1. The first kappa shape index (κ1) is 17.6. The molecule has 1 atom stereocenters. The topological polar surface area (TPSA) is 69.8 Å². The number of halogens is 1. The average molecular weight is 375 g/mol. The summed E-state index contributed by atoms with van der Waals surface area (Å²) in [7, 11) is 0. The fraction of sp³-hybridized carbons (Fsp3) is 0.222. The number of benzene rings is 2. The Hall–Kier alpha value is -2.18. The van der Waals surface area contributed by atoms with Crippen molar-refractivity contribution in [1.29, 1.82) is 0 Å². The Labute approximate surface area is 155 Å². The number of urea groups is 1. The van der Waals surface area contributed by atoms with Gasteiger partial charge in [0, 0.05) is 10.7 Å². The van der Waals surface area contributed by atoms with Gasteiger partial charge in [-0.2, -0.15) is 11.8 Å². The van der Waals surface area contributed by atoms with Gasteiger partial charge in [0.15, 0.2) is 0 Å². The lowest BCUT2D eigenvalue weighted by Crippen LogP contribution is -2.33. The highest BCUT2D eigenvalue weighted by molar-refractivity contribution is 7.98. The number of carbonyl (C=O) groups is 1. The third-order valence-corrected chi connectivity index (χ3v) is 4.62. The van der Waals surface area contributed by atoms with E-state index in [0.29, 0.717) is 10.7 Å². The molecule has 0 radical (unpaired) electrons. The van der Waals surface area contributed by atoms with Gasteiger partial charge in [0.2, 0.25) is 0 Å². The van der Waals surface area contributed by atoms with Crippen LogP contribution < -0.4 is 10.6 Å². The Morgan fingerprint density at radius 3 is 2.88 bits per heavy atom. The van der Waals surface area contributed by atoms with Gasteiger partial charge in [-0.05, 0) is 48.8 Å². The zero-order valence-electron chi connectivity index (χ0n) is 13.8. The van der Waals surface area contributed by atoms with E-state index in [2.05, 4.69) is 20.6 Å². The molecule has 1 heterocycles. The van der Waals surface area contributed by atoms with E-state index in [-0.39, 0.29) is 12.1 Å². The maximum absolute atomic E-state index is 12.4. The summed E-state index contributed by atoms with van der Waals surface area (Å²) < 4.78 is 0. The summed E-state index contributed by atoms with van der Waals surface area (Å²) >= 11 is 7.69. The van der Waals surface area contributed by atoms with E-state index in [0.717, 1.165) is 29.0 Å². The van der Waals surface area contributed by atoms with Crippen molar-refractivity contribution in [2.45, 2.75) is 12.5 Å². The molecule has 0 aliphatic heterocycles. The van der Waals surface area contributed by atoms with Crippen molar-refractivity contribution in [3.05, 3.63) is 59.4 Å². The lowest BCUT2D eigenvalue weighted by Gasteiger charge is -2.17. The van der Waals surface area contributed by atoms with E-state index in [1.165, 1.54) is 0 Å². The van der Waals surface area contributed by atoms with Crippen LogP contribution in [0.3, 0.4) is 0 Å². The third kappa shape index (κ3) is 4.67. The number of H-pyrrole nitrogens is 1. The number of nitrogens with zero attached hydrogens (tertiary/aromatic N) is 1. The number of imidazole rings is 1. The van der Waals surface area contributed by atoms with Crippen molar-refractivity contribution >= 4 is 46.1 Å². The second-order valence-corrected chi connectivity index (χ2v) is 7.00. The summed E-state index contributed by atoms with van der Waals surface area (Å²) in [5.41, 5.74) is 2.51. The monoisotopic (exact) mass is 374 g/mol. The summed E-state index contributed by atoms with van der Waals surface area (Å²) in [4.78, 5) is 20.3. The number of thioether (sulfide) groups is 1. The molecule has 3 N–H and O–H groups in total. The van der Waals surface area contributed by atoms with Gasteiger partial charge in [-0.15, -0.1) is 0 Å². The molecule has 0 aliphatic carbocycles. The normalized spacial score (nSPS) is 12.1. The van der Waals surface area contributed by atoms with E-state index < -0.39 is 0 Å². The summed E-state index contributed by atoms with van der Waals surface area (Å²) in [6.45, 7) is 0. The number of para-hydroxylation sites is 2. The van der Waals surface area contributed by atoms with E-state index in [9.17, 15) is 4.79 Å². The minimum absolute atomic E-state index is 0.195. The third-order valence-electron chi connectivity index (χ3n) is 3.74. The fourth-order valence-corrected chi connectivity index (χ4v) is 3.20. The van der Waals surface area contributed by atoms with E-state index in [1.807, 2.05) is 30.5 Å². The number of nitrogens with one attached hydrogen (secondary N) is 3. The van der Waals surface area contributed by atoms with Crippen LogP contribution in [0.25, 0.3) is 11.0 Å². The van der Waals surface area contributed by atoms with E-state index in [1.54, 1.807) is 36.0 Å². The molecule has 0 saturated carbocycles. The second-order valence-electron chi connectivity index (χ2n) is 5.58. The van der Waals surface area contributed by atoms with Gasteiger partial charge in [-0.1, -0.05) is 29.8 Å². The fourth-order valence-electron chi connectivity index (χ4n) is 2.54. The molecule has 2 aromatic carbocycles. The molecule has 0 spiro atoms. The number of hydrogen-bond donors (Lipinski definition) is 3. The van der Waals surface area contributed by atoms with Crippen molar-refractivity contribution in [2.24, 2.45) is 0 Å². The molecule has 5 nitrogen and oxygen atoms in total. The number of amides is 2. The smallest absolute Gasteiger partial charge is 0.319 e. The highest BCUT2D eigenvalue weighted by Crippen LogP contribution is 2.21. The van der Waals surface area contributed by atoms with Crippen molar-refractivity contribution in [3.63, 3.8) is 0 Å². The van der Waals surface area contributed by atoms with Gasteiger partial charge in [0.1, 0.15) is 5.82 Å². The SMILES string of the molecule is CSCC[C@@H](NC(=O)Nc1cccc(Cl)c1)c1nc2ccccc2[nH]1. The van der Waals surface area contributed by atoms with Crippen LogP contribution in [-0.4, -0.2) is 28.0 Å². The summed E-state index contributed by atoms with van der Waals surface area (Å²) in [6, 6.07) is 14.4. The van der Waals surface area contributed by atoms with Gasteiger partial charge in [0.05, 0.1) is 17.1 Å². The number of aromatic nitrogens is 2. The largest absolute Gasteiger partial charge is 0.340 e. The van der Waals surface area contributed by atoms with Crippen LogP contribution >= 0.6 is 23.4 Å². The number of aromatic amines is 1. The molecular weight excluding hydrogens is 356 g/mol. The molecule has 1 aromatic heterocycles. The van der Waals surface area contributed by atoms with Crippen LogP contribution in [0.5, 0.6) is 0 Å². The highest BCUT2D eigenvalue weighted by atomic mass is 35.5. The number of fused-ring (bicyclic) bond motifs is 1. The maximum atomic E-state index is 12.4. The molecule has 0 unspecified atom stereocenters. The molecule has 0 bridgehead atoms. The summed E-state index contributed by atoms with van der Waals surface area (Å²) in [5, 5.41) is 6.38. The van der Waals surface area contributed by atoms with Crippen LogP contribution in [0.4, 0.5) is 10.5 Å². The van der Waals surface area contributed by atoms with Gasteiger partial charge >= 0.3 is 6.03 Å². The van der Waals surface area contributed by atoms with Crippen molar-refractivity contribution in [1.82, 2.24) is 15.3 Å². The molecule has 3 rings (SSSR count). The molecular formula is C18H19ClN4OS. The number of carbonyl (C=O) groups excluding carboxylic acids is 1. The van der Waals surface area contributed by atoms with Crippen molar-refractivity contribution in [3.8, 4) is 0 Å². The number of hydrogen-bond acceptors (Lipinski definition) is 3. The zero-order valence-corrected chi connectivity index (χ0v) is 15.3. The van der Waals surface area contributed by atoms with Gasteiger partial charge in [-0.25, -0.2) is 9.78 Å². The van der Waals surface area contributed by atoms with Crippen LogP contribution in [-0.2, 0) is 0 Å². The lowest BCUT2D eigenvalue weighted by molar-refractivity contribution is 0.248. The molecule has 0 aliphatic rings. The maximum Gasteiger partial charge on any atom is 0.319 e. The quantitative estimate of drug-likeness (QED) is 0.578. The first-order valence-corrected chi connectivity index (χ1v) is 9.69. The van der Waals surface area contributed by atoms with Gasteiger partial charge < -0.3 is 15.6 Å². The van der Waals surface area contributed by atoms with Crippen LogP contribution in [0.15, 0.2) is 48.5 Å². The van der Waals surface area contributed by atoms with Crippen molar-refractivity contribution < 1.29 is 4.79 Å². The average Bonchev–Trinajstić information content (AvgIpc) is 3.02. The Morgan fingerprint density at radius 1 is 1.28 bits per heavy atom. The minimum Gasteiger partial charge on any atom is -0.340 e. The minimum atomic E-state index is -0.283. The molecule has 0 fully saturated rings. The molecule has 0 saturated heterocycles. The molecule has 130 valence electrons. The first-order chi connectivity index (χ1) is 12.2. The van der Waals surface area contributed by atoms with Crippen molar-refractivity contribution in [2.75, 3.05) is 17.3 Å². The summed E-state index contributed by atoms with van der Waals surface area (Å²) in [6.07, 6.45) is 2.83. The van der Waals surface area contributed by atoms with E-state index in [4.69, 9.17) is 11.6 Å². The molecule has 3 aromatic rings. The Bertz CT molecular complexity index is 834. The highest BCUT2D eigenvalue weighted by Gasteiger charge is 2.18. The molecule has 25 heavy (non-hydrogen) atoms. The Balaban J connectivity index is 1.74. The zero-order chi connectivity index (χ0) is 17.6. The Morgan fingerprint density at radius 2 is 2.12 bits per heavy atom. The van der Waals surface area contributed by atoms with E-state index >= 15 is 0 Å². The molecule has 7 heteroatoms. The predicted molar refractivity (Wildman–Crippen MR) is 105 cm³/mol. The summed E-state index contributed by atoms with van der Waals surface area (Å²) in [5.74, 6) is 1.68. The van der Waals surface area contributed by atoms with Gasteiger partial charge in [0.25, 0.3) is 0 Å². The number of rotatable bonds is 6. The van der Waals surface area contributed by atoms with Gasteiger partial charge in [-0.3, -0.25) is 0 Å². The first-order valence-electron chi connectivity index (χ1n) is 7.92. The Kier molecular flexibility index (Phi) is 5.83. The molecule has 2 amide bonds. The van der Waals surface area contributed by atoms with Crippen LogP contribution in [0.1, 0.15) is 18.3 Å². The van der Waals surface area contributed by atoms with Crippen LogP contribution in [0, 0.1) is 0 Å². The predicted octanol–water partition coefficient (Wildman–Crippen LogP) is 4.83. The lowest BCUT2D eigenvalue weighted by atomic mass is 10.2. The second kappa shape index (κ2) is 8.27.